The maximum Gasteiger partial charge on any atom is 0.427 e. The molecule has 128 valence electrons. The second-order valence-corrected chi connectivity index (χ2v) is 7.37. The number of rotatable bonds is 1. The summed E-state index contributed by atoms with van der Waals surface area (Å²) in [7, 11) is 0. The van der Waals surface area contributed by atoms with E-state index in [2.05, 4.69) is 9.97 Å². The van der Waals surface area contributed by atoms with Crippen molar-refractivity contribution in [3.63, 3.8) is 0 Å². The Hall–Kier alpha value is -1.60. The van der Waals surface area contributed by atoms with Crippen molar-refractivity contribution in [1.29, 1.82) is 0 Å². The summed E-state index contributed by atoms with van der Waals surface area (Å²) in [6, 6.07) is 0. The molecule has 23 heavy (non-hydrogen) atoms. The Balaban J connectivity index is 3.22. The topological polar surface area (TPSA) is 81.6 Å². The second-order valence-electron chi connectivity index (χ2n) is 6.60. The van der Waals surface area contributed by atoms with E-state index >= 15 is 0 Å². The van der Waals surface area contributed by atoms with E-state index in [4.69, 9.17) is 32.7 Å². The first kappa shape index (κ1) is 19.4. The van der Waals surface area contributed by atoms with Gasteiger partial charge < -0.3 is 9.47 Å². The van der Waals surface area contributed by atoms with Gasteiger partial charge in [0.15, 0.2) is 5.15 Å². The summed E-state index contributed by atoms with van der Waals surface area (Å²) in [5.41, 5.74) is -1.65. The van der Waals surface area contributed by atoms with Gasteiger partial charge in [0.2, 0.25) is 5.95 Å². The zero-order chi connectivity index (χ0) is 18.0. The molecule has 0 N–H and O–H groups in total. The maximum atomic E-state index is 12.3. The van der Waals surface area contributed by atoms with Gasteiger partial charge in [-0.25, -0.2) is 14.6 Å². The van der Waals surface area contributed by atoms with Crippen LogP contribution in [-0.4, -0.2) is 33.4 Å². The number of carbonyl (C=O) groups is 2. The van der Waals surface area contributed by atoms with Crippen molar-refractivity contribution < 1.29 is 19.1 Å². The third-order valence-corrected chi connectivity index (χ3v) is 2.70. The number of amides is 2. The summed E-state index contributed by atoms with van der Waals surface area (Å²) >= 11 is 11.6. The van der Waals surface area contributed by atoms with Crippen molar-refractivity contribution in [2.75, 3.05) is 4.90 Å². The van der Waals surface area contributed by atoms with Crippen LogP contribution in [0.4, 0.5) is 15.5 Å². The van der Waals surface area contributed by atoms with E-state index < -0.39 is 23.4 Å². The lowest BCUT2D eigenvalue weighted by Gasteiger charge is -2.27. The van der Waals surface area contributed by atoms with E-state index in [0.717, 1.165) is 0 Å². The van der Waals surface area contributed by atoms with E-state index in [0.29, 0.717) is 4.90 Å². The van der Waals surface area contributed by atoms with Gasteiger partial charge in [0.1, 0.15) is 11.2 Å². The number of imide groups is 1. The molecule has 0 radical (unpaired) electrons. The minimum atomic E-state index is -0.981. The molecule has 2 amide bonds. The molecule has 1 heterocycles. The molecule has 0 aromatic carbocycles. The van der Waals surface area contributed by atoms with Crippen molar-refractivity contribution in [3.8, 4) is 0 Å². The van der Waals surface area contributed by atoms with Crippen LogP contribution in [-0.2, 0) is 9.47 Å². The van der Waals surface area contributed by atoms with E-state index in [1.807, 2.05) is 0 Å². The van der Waals surface area contributed by atoms with Gasteiger partial charge in [-0.2, -0.15) is 4.98 Å². The minimum Gasteiger partial charge on any atom is -0.443 e. The van der Waals surface area contributed by atoms with Crippen LogP contribution >= 0.6 is 23.2 Å². The molecule has 0 atom stereocenters. The van der Waals surface area contributed by atoms with Gasteiger partial charge in [-0.3, -0.25) is 0 Å². The van der Waals surface area contributed by atoms with Gasteiger partial charge >= 0.3 is 12.2 Å². The highest BCUT2D eigenvalue weighted by molar-refractivity contribution is 6.41. The van der Waals surface area contributed by atoms with E-state index in [1.54, 1.807) is 41.5 Å². The van der Waals surface area contributed by atoms with Gasteiger partial charge in [0, 0.05) is 0 Å². The van der Waals surface area contributed by atoms with Crippen LogP contribution in [0.25, 0.3) is 0 Å². The Morgan fingerprint density at radius 1 is 1.00 bits per heavy atom. The zero-order valence-electron chi connectivity index (χ0n) is 13.8. The number of halogens is 2. The number of anilines is 1. The standard InChI is InChI=1S/C14H19Cl2N3O4/c1-13(2,3)22-11(20)19(12(21)23-14(4,5)6)10-17-7-8(15)9(16)18-10/h7H,1-6H3. The average molecular weight is 364 g/mol. The van der Waals surface area contributed by atoms with Gasteiger partial charge in [0.25, 0.3) is 0 Å². The van der Waals surface area contributed by atoms with Gasteiger partial charge in [-0.1, -0.05) is 23.2 Å². The Morgan fingerprint density at radius 3 is 1.78 bits per heavy atom. The number of nitrogens with zero attached hydrogens (tertiary/aromatic N) is 3. The third-order valence-electron chi connectivity index (χ3n) is 2.04. The van der Waals surface area contributed by atoms with Crippen LogP contribution in [0.1, 0.15) is 41.5 Å². The summed E-state index contributed by atoms with van der Waals surface area (Å²) in [5.74, 6) is -0.289. The van der Waals surface area contributed by atoms with E-state index in [9.17, 15) is 9.59 Å². The maximum absolute atomic E-state index is 12.3. The molecule has 0 aliphatic carbocycles. The van der Waals surface area contributed by atoms with Crippen molar-refractivity contribution in [3.05, 3.63) is 16.4 Å². The number of hydrogen-bond donors (Lipinski definition) is 0. The predicted octanol–water partition coefficient (Wildman–Crippen LogP) is 4.46. The molecule has 0 aliphatic heterocycles. The molecule has 0 saturated heterocycles. The SMILES string of the molecule is CC(C)(C)OC(=O)N(C(=O)OC(C)(C)C)c1ncc(Cl)c(Cl)n1. The quantitative estimate of drug-likeness (QED) is 0.685. The van der Waals surface area contributed by atoms with Crippen LogP contribution in [0, 0.1) is 0 Å². The van der Waals surface area contributed by atoms with Crippen molar-refractivity contribution in [1.82, 2.24) is 9.97 Å². The number of carbonyl (C=O) groups excluding carboxylic acids is 2. The van der Waals surface area contributed by atoms with Crippen LogP contribution in [0.2, 0.25) is 10.2 Å². The predicted molar refractivity (Wildman–Crippen MR) is 87.0 cm³/mol. The summed E-state index contributed by atoms with van der Waals surface area (Å²) in [4.78, 5) is 32.9. The summed E-state index contributed by atoms with van der Waals surface area (Å²) in [5, 5.41) is -0.0162. The highest BCUT2D eigenvalue weighted by Crippen LogP contribution is 2.23. The number of hydrogen-bond acceptors (Lipinski definition) is 6. The molecular formula is C14H19Cl2N3O4. The Kier molecular flexibility index (Phi) is 5.82. The molecule has 1 rings (SSSR count). The Bertz CT molecular complexity index is 581. The molecule has 0 unspecified atom stereocenters. The van der Waals surface area contributed by atoms with Crippen molar-refractivity contribution >= 4 is 41.3 Å². The fraction of sp³-hybridized carbons (Fsp3) is 0.571. The zero-order valence-corrected chi connectivity index (χ0v) is 15.3. The lowest BCUT2D eigenvalue weighted by Crippen LogP contribution is -2.44. The minimum absolute atomic E-state index is 0.0868. The molecular weight excluding hydrogens is 345 g/mol. The van der Waals surface area contributed by atoms with Gasteiger partial charge in [-0.05, 0) is 41.5 Å². The molecule has 0 saturated carbocycles. The molecule has 1 aromatic heterocycles. The van der Waals surface area contributed by atoms with Crippen LogP contribution in [0.3, 0.4) is 0 Å². The lowest BCUT2D eigenvalue weighted by molar-refractivity contribution is 0.0427. The van der Waals surface area contributed by atoms with Crippen molar-refractivity contribution in [2.24, 2.45) is 0 Å². The molecule has 7 nitrogen and oxygen atoms in total. The normalized spacial score (nSPS) is 11.8. The first-order valence-electron chi connectivity index (χ1n) is 6.74. The third kappa shape index (κ3) is 6.19. The monoisotopic (exact) mass is 363 g/mol. The molecule has 1 aromatic rings. The fourth-order valence-corrected chi connectivity index (χ4v) is 1.51. The van der Waals surface area contributed by atoms with Crippen LogP contribution < -0.4 is 4.90 Å². The molecule has 0 spiro atoms. The van der Waals surface area contributed by atoms with Crippen LogP contribution in [0.15, 0.2) is 6.20 Å². The molecule has 0 aliphatic rings. The van der Waals surface area contributed by atoms with E-state index in [-0.39, 0.29) is 16.1 Å². The first-order valence-corrected chi connectivity index (χ1v) is 7.50. The van der Waals surface area contributed by atoms with E-state index in [1.165, 1.54) is 6.20 Å². The van der Waals surface area contributed by atoms with Gasteiger partial charge in [0.05, 0.1) is 11.2 Å². The smallest absolute Gasteiger partial charge is 0.427 e. The Morgan fingerprint density at radius 2 is 1.43 bits per heavy atom. The fourth-order valence-electron chi connectivity index (χ4n) is 1.30. The summed E-state index contributed by atoms with van der Waals surface area (Å²) in [6.07, 6.45) is -0.788. The molecule has 0 bridgehead atoms. The average Bonchev–Trinajstić information content (AvgIpc) is 2.29. The number of ether oxygens (including phenoxy) is 2. The highest BCUT2D eigenvalue weighted by Gasteiger charge is 2.34. The highest BCUT2D eigenvalue weighted by atomic mass is 35.5. The Labute approximate surface area is 144 Å². The van der Waals surface area contributed by atoms with Gasteiger partial charge in [-0.15, -0.1) is 4.90 Å². The van der Waals surface area contributed by atoms with Crippen molar-refractivity contribution in [2.45, 2.75) is 52.7 Å². The summed E-state index contributed by atoms with van der Waals surface area (Å²) in [6.45, 7) is 9.96. The summed E-state index contributed by atoms with van der Waals surface area (Å²) < 4.78 is 10.4. The molecule has 9 heteroatoms. The second kappa shape index (κ2) is 6.88. The van der Waals surface area contributed by atoms with Crippen LogP contribution in [0.5, 0.6) is 0 Å². The number of aromatic nitrogens is 2. The largest absolute Gasteiger partial charge is 0.443 e. The lowest BCUT2D eigenvalue weighted by atomic mass is 10.2. The molecule has 0 fully saturated rings. The first-order chi connectivity index (χ1) is 10.3.